The molecule has 0 radical (unpaired) electrons. The van der Waals surface area contributed by atoms with Gasteiger partial charge in [-0.2, -0.15) is 0 Å². The fraction of sp³-hybridized carbons (Fsp3) is 0.300. The first kappa shape index (κ1) is 11.3. The number of methoxy groups -OCH3 is 2. The lowest BCUT2D eigenvalue weighted by atomic mass is 10.2. The van der Waals surface area contributed by atoms with Gasteiger partial charge < -0.3 is 19.9 Å². The predicted octanol–water partition coefficient (Wildman–Crippen LogP) is 0.635. The molecule has 0 aliphatic carbocycles. The van der Waals surface area contributed by atoms with E-state index in [9.17, 15) is 4.79 Å². The van der Waals surface area contributed by atoms with Crippen LogP contribution in [0.1, 0.15) is 0 Å². The number of hydrogen-bond acceptors (Lipinski definition) is 4. The summed E-state index contributed by atoms with van der Waals surface area (Å²) in [5, 5.41) is 11.0. The van der Waals surface area contributed by atoms with Crippen molar-refractivity contribution in [1.82, 2.24) is 0 Å². The standard InChI is InChI=1S/C10H13NO4/c1-14-8-4-3-7(5-9(8)15-2)11-10(13)6-12/h3-5,12H,6H2,1-2H3,(H,11,13). The summed E-state index contributed by atoms with van der Waals surface area (Å²) >= 11 is 0. The summed E-state index contributed by atoms with van der Waals surface area (Å²) in [6, 6.07) is 4.95. The summed E-state index contributed by atoms with van der Waals surface area (Å²) in [5.41, 5.74) is 0.548. The van der Waals surface area contributed by atoms with Crippen molar-refractivity contribution < 1.29 is 19.4 Å². The number of hydrogen-bond donors (Lipinski definition) is 2. The number of amides is 1. The van der Waals surface area contributed by atoms with E-state index in [-0.39, 0.29) is 0 Å². The van der Waals surface area contributed by atoms with Crippen molar-refractivity contribution in [2.45, 2.75) is 0 Å². The predicted molar refractivity (Wildman–Crippen MR) is 55.3 cm³/mol. The summed E-state index contributed by atoms with van der Waals surface area (Å²) in [5.74, 6) is 0.634. The molecule has 0 bridgehead atoms. The molecular weight excluding hydrogens is 198 g/mol. The molecule has 0 saturated heterocycles. The van der Waals surface area contributed by atoms with E-state index in [4.69, 9.17) is 14.6 Å². The van der Waals surface area contributed by atoms with Crippen LogP contribution in [0.25, 0.3) is 0 Å². The Bertz CT molecular complexity index is 351. The number of carbonyl (C=O) groups is 1. The number of aliphatic hydroxyl groups is 1. The minimum atomic E-state index is -0.547. The topological polar surface area (TPSA) is 67.8 Å². The monoisotopic (exact) mass is 211 g/mol. The molecule has 5 heteroatoms. The van der Waals surface area contributed by atoms with E-state index in [1.165, 1.54) is 14.2 Å². The Kier molecular flexibility index (Phi) is 3.93. The molecular formula is C10H13NO4. The van der Waals surface area contributed by atoms with Crippen molar-refractivity contribution in [1.29, 1.82) is 0 Å². The second kappa shape index (κ2) is 5.21. The van der Waals surface area contributed by atoms with Crippen LogP contribution in [-0.4, -0.2) is 31.8 Å². The summed E-state index contributed by atoms with van der Waals surface area (Å²) in [4.78, 5) is 10.9. The number of rotatable bonds is 4. The zero-order chi connectivity index (χ0) is 11.3. The summed E-state index contributed by atoms with van der Waals surface area (Å²) in [6.07, 6.45) is 0. The fourth-order valence-electron chi connectivity index (χ4n) is 1.11. The summed E-state index contributed by atoms with van der Waals surface area (Å²) in [6.45, 7) is -0.547. The SMILES string of the molecule is COc1ccc(NC(=O)CO)cc1OC. The van der Waals surface area contributed by atoms with Crippen molar-refractivity contribution in [3.8, 4) is 11.5 Å². The average molecular weight is 211 g/mol. The number of nitrogens with one attached hydrogen (secondary N) is 1. The van der Waals surface area contributed by atoms with Gasteiger partial charge in [-0.1, -0.05) is 0 Å². The molecule has 1 amide bonds. The number of carbonyl (C=O) groups excluding carboxylic acids is 1. The Morgan fingerprint density at radius 3 is 2.53 bits per heavy atom. The molecule has 2 N–H and O–H groups in total. The molecule has 0 saturated carbocycles. The molecule has 0 atom stereocenters. The van der Waals surface area contributed by atoms with Crippen LogP contribution in [0.2, 0.25) is 0 Å². The third-order valence-corrected chi connectivity index (χ3v) is 1.81. The molecule has 1 aromatic rings. The van der Waals surface area contributed by atoms with E-state index in [0.29, 0.717) is 17.2 Å². The van der Waals surface area contributed by atoms with Gasteiger partial charge in [-0.25, -0.2) is 0 Å². The molecule has 0 fully saturated rings. The van der Waals surface area contributed by atoms with Gasteiger partial charge in [-0.15, -0.1) is 0 Å². The Balaban J connectivity index is 2.88. The quantitative estimate of drug-likeness (QED) is 0.766. The maximum absolute atomic E-state index is 10.9. The Labute approximate surface area is 87.6 Å². The molecule has 1 rings (SSSR count). The molecule has 82 valence electrons. The van der Waals surface area contributed by atoms with Crippen LogP contribution in [0.4, 0.5) is 5.69 Å². The van der Waals surface area contributed by atoms with Gasteiger partial charge in [0.15, 0.2) is 11.5 Å². The molecule has 0 aromatic heterocycles. The lowest BCUT2D eigenvalue weighted by Crippen LogP contribution is -2.15. The van der Waals surface area contributed by atoms with Gasteiger partial charge in [0.05, 0.1) is 14.2 Å². The Morgan fingerprint density at radius 1 is 1.33 bits per heavy atom. The van der Waals surface area contributed by atoms with E-state index in [2.05, 4.69) is 5.32 Å². The van der Waals surface area contributed by atoms with Crippen LogP contribution >= 0.6 is 0 Å². The maximum Gasteiger partial charge on any atom is 0.250 e. The highest BCUT2D eigenvalue weighted by molar-refractivity contribution is 5.91. The highest BCUT2D eigenvalue weighted by atomic mass is 16.5. The fourth-order valence-corrected chi connectivity index (χ4v) is 1.11. The van der Waals surface area contributed by atoms with Gasteiger partial charge in [-0.3, -0.25) is 4.79 Å². The third-order valence-electron chi connectivity index (χ3n) is 1.81. The minimum Gasteiger partial charge on any atom is -0.493 e. The first-order chi connectivity index (χ1) is 7.21. The first-order valence-corrected chi connectivity index (χ1v) is 4.34. The number of ether oxygens (including phenoxy) is 2. The van der Waals surface area contributed by atoms with Crippen molar-refractivity contribution in [2.75, 3.05) is 26.1 Å². The molecule has 0 spiro atoms. The molecule has 0 heterocycles. The normalized spacial score (nSPS) is 9.53. The molecule has 15 heavy (non-hydrogen) atoms. The largest absolute Gasteiger partial charge is 0.493 e. The molecule has 0 aliphatic heterocycles. The molecule has 1 aromatic carbocycles. The van der Waals surface area contributed by atoms with Crippen LogP contribution in [-0.2, 0) is 4.79 Å². The minimum absolute atomic E-state index is 0.470. The van der Waals surface area contributed by atoms with Gasteiger partial charge in [0.1, 0.15) is 6.61 Å². The molecule has 0 unspecified atom stereocenters. The Morgan fingerprint density at radius 2 is 2.00 bits per heavy atom. The van der Waals surface area contributed by atoms with Crippen LogP contribution in [0.5, 0.6) is 11.5 Å². The first-order valence-electron chi connectivity index (χ1n) is 4.34. The van der Waals surface area contributed by atoms with E-state index in [0.717, 1.165) is 0 Å². The van der Waals surface area contributed by atoms with Crippen molar-refractivity contribution in [2.24, 2.45) is 0 Å². The second-order valence-corrected chi connectivity index (χ2v) is 2.78. The lowest BCUT2D eigenvalue weighted by Gasteiger charge is -2.09. The van der Waals surface area contributed by atoms with Gasteiger partial charge in [0.25, 0.3) is 0 Å². The maximum atomic E-state index is 10.9. The van der Waals surface area contributed by atoms with Gasteiger partial charge in [0, 0.05) is 11.8 Å². The highest BCUT2D eigenvalue weighted by Gasteiger charge is 2.06. The summed E-state index contributed by atoms with van der Waals surface area (Å²) in [7, 11) is 3.04. The van der Waals surface area contributed by atoms with Crippen molar-refractivity contribution in [3.63, 3.8) is 0 Å². The number of aliphatic hydroxyl groups excluding tert-OH is 1. The van der Waals surface area contributed by atoms with Gasteiger partial charge in [0.2, 0.25) is 5.91 Å². The van der Waals surface area contributed by atoms with Crippen LogP contribution in [0.15, 0.2) is 18.2 Å². The zero-order valence-electron chi connectivity index (χ0n) is 8.61. The van der Waals surface area contributed by atoms with E-state index >= 15 is 0 Å². The number of anilines is 1. The van der Waals surface area contributed by atoms with Crippen LogP contribution < -0.4 is 14.8 Å². The highest BCUT2D eigenvalue weighted by Crippen LogP contribution is 2.29. The van der Waals surface area contributed by atoms with Crippen LogP contribution in [0, 0.1) is 0 Å². The average Bonchev–Trinajstić information content (AvgIpc) is 2.28. The van der Waals surface area contributed by atoms with Crippen LogP contribution in [0.3, 0.4) is 0 Å². The lowest BCUT2D eigenvalue weighted by molar-refractivity contribution is -0.118. The zero-order valence-corrected chi connectivity index (χ0v) is 8.61. The van der Waals surface area contributed by atoms with E-state index in [1.54, 1.807) is 18.2 Å². The van der Waals surface area contributed by atoms with E-state index in [1.807, 2.05) is 0 Å². The second-order valence-electron chi connectivity index (χ2n) is 2.78. The third kappa shape index (κ3) is 2.85. The number of benzene rings is 1. The molecule has 0 aliphatic rings. The Hall–Kier alpha value is -1.75. The van der Waals surface area contributed by atoms with E-state index < -0.39 is 12.5 Å². The van der Waals surface area contributed by atoms with Gasteiger partial charge in [-0.05, 0) is 12.1 Å². The summed E-state index contributed by atoms with van der Waals surface area (Å²) < 4.78 is 10.1. The van der Waals surface area contributed by atoms with Crippen molar-refractivity contribution in [3.05, 3.63) is 18.2 Å². The molecule has 5 nitrogen and oxygen atoms in total. The van der Waals surface area contributed by atoms with Crippen molar-refractivity contribution >= 4 is 11.6 Å². The van der Waals surface area contributed by atoms with Gasteiger partial charge >= 0.3 is 0 Å². The smallest absolute Gasteiger partial charge is 0.250 e.